The van der Waals surface area contributed by atoms with Crippen LogP contribution in [0.15, 0.2) is 95.9 Å². The van der Waals surface area contributed by atoms with Crippen molar-refractivity contribution in [1.82, 2.24) is 19.3 Å². The molecular weight excluding hydrogens is 731 g/mol. The summed E-state index contributed by atoms with van der Waals surface area (Å²) < 4.78 is 68.8. The maximum absolute atomic E-state index is 14.2. The van der Waals surface area contributed by atoms with Crippen LogP contribution in [0.2, 0.25) is 0 Å². The van der Waals surface area contributed by atoms with Crippen LogP contribution in [0.5, 0.6) is 11.5 Å². The second-order valence-corrected chi connectivity index (χ2v) is 17.6. The van der Waals surface area contributed by atoms with Gasteiger partial charge in [0.2, 0.25) is 15.9 Å². The molecule has 1 saturated carbocycles. The molecule has 4 aromatic rings. The smallest absolute Gasteiger partial charge is 0.266 e. The van der Waals surface area contributed by atoms with E-state index in [-0.39, 0.29) is 24.3 Å². The molecule has 1 aliphatic carbocycles. The van der Waals surface area contributed by atoms with Crippen molar-refractivity contribution in [3.63, 3.8) is 0 Å². The summed E-state index contributed by atoms with van der Waals surface area (Å²) in [5, 5.41) is 6.65. The van der Waals surface area contributed by atoms with Gasteiger partial charge in [-0.25, -0.2) is 26.5 Å². The average Bonchev–Trinajstić information content (AvgIpc) is 3.67. The first kappa shape index (κ1) is 37.3. The number of para-hydroxylation sites is 1. The topological polar surface area (TPSA) is 173 Å². The number of aromatic nitrogens is 1. The van der Waals surface area contributed by atoms with E-state index >= 15 is 0 Å². The molecule has 4 atom stereocenters. The summed E-state index contributed by atoms with van der Waals surface area (Å²) in [6.45, 7) is 0.439. The van der Waals surface area contributed by atoms with Gasteiger partial charge in [0.1, 0.15) is 34.1 Å². The zero-order valence-electron chi connectivity index (χ0n) is 30.0. The maximum Gasteiger partial charge on any atom is 0.266 e. The van der Waals surface area contributed by atoms with Gasteiger partial charge < -0.3 is 20.1 Å². The Morgan fingerprint density at radius 3 is 2.57 bits per heavy atom. The lowest BCUT2D eigenvalue weighted by Gasteiger charge is -2.25. The quantitative estimate of drug-likeness (QED) is 0.225. The highest BCUT2D eigenvalue weighted by atomic mass is 32.2. The molecule has 1 unspecified atom stereocenters. The summed E-state index contributed by atoms with van der Waals surface area (Å²) in [7, 11) is -6.72. The van der Waals surface area contributed by atoms with Crippen molar-refractivity contribution >= 4 is 48.5 Å². The Morgan fingerprint density at radius 2 is 1.80 bits per heavy atom. The molecule has 284 valence electrons. The number of ether oxygens (including phenoxy) is 2. The number of methoxy groups -OCH3 is 1. The van der Waals surface area contributed by atoms with Crippen LogP contribution in [0.1, 0.15) is 38.5 Å². The summed E-state index contributed by atoms with van der Waals surface area (Å²) in [6, 6.07) is 21.8. The van der Waals surface area contributed by atoms with Crippen molar-refractivity contribution in [1.29, 1.82) is 0 Å². The van der Waals surface area contributed by atoms with E-state index in [1.165, 1.54) is 6.07 Å². The summed E-state index contributed by atoms with van der Waals surface area (Å²) in [4.78, 5) is 32.9. The minimum Gasteiger partial charge on any atom is -0.497 e. The van der Waals surface area contributed by atoms with E-state index < -0.39 is 55.5 Å². The molecule has 3 aliphatic rings. The minimum absolute atomic E-state index is 0.0188. The molecule has 2 aliphatic heterocycles. The Balaban J connectivity index is 1.17. The molecule has 0 radical (unpaired) electrons. The van der Waals surface area contributed by atoms with E-state index in [2.05, 4.69) is 15.4 Å². The lowest BCUT2D eigenvalue weighted by molar-refractivity contribution is -0.131. The lowest BCUT2D eigenvalue weighted by Crippen LogP contribution is -2.56. The van der Waals surface area contributed by atoms with Crippen molar-refractivity contribution in [3.8, 4) is 22.8 Å². The first-order chi connectivity index (χ1) is 25.9. The van der Waals surface area contributed by atoms with Crippen molar-refractivity contribution in [3.05, 3.63) is 91.0 Å². The molecular formula is C39H43N5O8S2. The fourth-order valence-corrected chi connectivity index (χ4v) is 9.55. The largest absolute Gasteiger partial charge is 0.497 e. The minimum atomic E-state index is -4.35. The number of anilines is 1. The van der Waals surface area contributed by atoms with Crippen LogP contribution in [0.25, 0.3) is 22.2 Å². The van der Waals surface area contributed by atoms with Crippen LogP contribution in [0.3, 0.4) is 0 Å². The number of amides is 2. The Labute approximate surface area is 315 Å². The molecule has 1 saturated heterocycles. The van der Waals surface area contributed by atoms with Crippen LogP contribution in [0.4, 0.5) is 5.69 Å². The Kier molecular flexibility index (Phi) is 10.4. The van der Waals surface area contributed by atoms with E-state index in [1.54, 1.807) is 43.5 Å². The van der Waals surface area contributed by atoms with Crippen molar-refractivity contribution < 1.29 is 35.9 Å². The van der Waals surface area contributed by atoms with E-state index in [9.17, 15) is 26.4 Å². The van der Waals surface area contributed by atoms with Gasteiger partial charge in [0, 0.05) is 42.0 Å². The number of sulfonamides is 2. The van der Waals surface area contributed by atoms with Crippen LogP contribution in [0, 0.1) is 5.92 Å². The molecule has 7 rings (SSSR count). The zero-order chi connectivity index (χ0) is 38.1. The molecule has 54 heavy (non-hydrogen) atoms. The molecule has 2 fully saturated rings. The van der Waals surface area contributed by atoms with Gasteiger partial charge in [-0.15, -0.1) is 0 Å². The van der Waals surface area contributed by atoms with E-state index in [0.717, 1.165) is 41.8 Å². The van der Waals surface area contributed by atoms with Crippen LogP contribution in [-0.4, -0.2) is 82.1 Å². The van der Waals surface area contributed by atoms with E-state index in [0.29, 0.717) is 40.3 Å². The molecule has 15 heteroatoms. The first-order valence-electron chi connectivity index (χ1n) is 17.9. The highest BCUT2D eigenvalue weighted by Gasteiger charge is 2.61. The molecule has 3 heterocycles. The number of nitrogens with one attached hydrogen (secondary N) is 3. The average molecular weight is 774 g/mol. The van der Waals surface area contributed by atoms with Gasteiger partial charge in [-0.1, -0.05) is 61.0 Å². The Hall–Kier alpha value is -4.99. The van der Waals surface area contributed by atoms with Gasteiger partial charge in [-0.2, -0.15) is 4.31 Å². The number of rotatable bonds is 7. The SMILES string of the molecule is COc1ccc2c(O[C@@H]3C[C@@H](C(=O)NC45C[C@@H]4/C=C\CCCCCNc4ccccc4S(=O)(=O)NC5=O)N(S(C)(=O)=O)C3)cc(-c3ccccc3)nc2c1. The van der Waals surface area contributed by atoms with Gasteiger partial charge in [0.25, 0.3) is 15.9 Å². The zero-order valence-corrected chi connectivity index (χ0v) is 31.7. The fourth-order valence-electron chi connectivity index (χ4n) is 7.24. The highest BCUT2D eigenvalue weighted by molar-refractivity contribution is 7.90. The number of pyridine rings is 1. The van der Waals surface area contributed by atoms with Crippen LogP contribution >= 0.6 is 0 Å². The van der Waals surface area contributed by atoms with E-state index in [4.69, 9.17) is 14.5 Å². The number of carbonyl (C=O) groups excluding carboxylic acids is 2. The molecule has 1 aromatic heterocycles. The van der Waals surface area contributed by atoms with Gasteiger partial charge in [0.15, 0.2) is 0 Å². The lowest BCUT2D eigenvalue weighted by atomic mass is 10.1. The summed E-state index contributed by atoms with van der Waals surface area (Å²) in [5.74, 6) is -1.05. The van der Waals surface area contributed by atoms with Crippen molar-refractivity contribution in [2.75, 3.05) is 31.8 Å². The van der Waals surface area contributed by atoms with Gasteiger partial charge >= 0.3 is 0 Å². The number of nitrogens with zero attached hydrogens (tertiary/aromatic N) is 2. The third-order valence-corrected chi connectivity index (χ3v) is 12.8. The van der Waals surface area contributed by atoms with Crippen LogP contribution in [-0.2, 0) is 29.6 Å². The maximum atomic E-state index is 14.2. The standard InChI is InChI=1S/C39H43N5O8S2/c1-51-28-18-19-30-33(21-28)41-32(26-13-7-6-8-14-26)23-35(30)52-29-22-34(44(25-29)53(2,47)48)37(45)42-39-24-27(39)15-9-4-3-5-12-20-40-31-16-10-11-17-36(31)54(49,50)43-38(39)46/h6-11,13-19,21,23,27,29,34,40H,3-5,12,20,22,24-25H2,1-2H3,(H,42,45)(H,43,46)/b15-9-/t27-,29+,34-,39?/m0/s1. The van der Waals surface area contributed by atoms with Crippen molar-refractivity contribution in [2.45, 2.75) is 61.1 Å². The predicted octanol–water partition coefficient (Wildman–Crippen LogP) is 4.61. The molecule has 0 bridgehead atoms. The van der Waals surface area contributed by atoms with Gasteiger partial charge in [-0.3, -0.25) is 9.59 Å². The van der Waals surface area contributed by atoms with Gasteiger partial charge in [0.05, 0.1) is 36.8 Å². The second-order valence-electron chi connectivity index (χ2n) is 14.0. The number of fused-ring (bicyclic) bond motifs is 3. The Morgan fingerprint density at radius 1 is 1.02 bits per heavy atom. The van der Waals surface area contributed by atoms with Crippen molar-refractivity contribution in [2.24, 2.45) is 5.92 Å². The number of carbonyl (C=O) groups is 2. The Bertz CT molecular complexity index is 2320. The molecule has 2 amide bonds. The monoisotopic (exact) mass is 773 g/mol. The van der Waals surface area contributed by atoms with Crippen LogP contribution < -0.4 is 24.8 Å². The summed E-state index contributed by atoms with van der Waals surface area (Å²) >= 11 is 0. The third-order valence-electron chi connectivity index (χ3n) is 10.2. The third kappa shape index (κ3) is 7.79. The first-order valence-corrected chi connectivity index (χ1v) is 21.3. The second kappa shape index (κ2) is 15.0. The number of benzene rings is 3. The fraction of sp³-hybridized carbons (Fsp3) is 0.359. The highest BCUT2D eigenvalue weighted by Crippen LogP contribution is 2.46. The predicted molar refractivity (Wildman–Crippen MR) is 205 cm³/mol. The molecule has 3 aromatic carbocycles. The molecule has 3 N–H and O–H groups in total. The normalized spacial score (nSPS) is 25.1. The summed E-state index contributed by atoms with van der Waals surface area (Å²) in [5.41, 5.74) is 0.854. The molecule has 0 spiro atoms. The summed E-state index contributed by atoms with van der Waals surface area (Å²) in [6.07, 6.45) is 7.59. The number of hydrogen-bond donors (Lipinski definition) is 3. The number of allylic oxidation sites excluding steroid dienone is 1. The number of hydrogen-bond acceptors (Lipinski definition) is 10. The van der Waals surface area contributed by atoms with Gasteiger partial charge in [-0.05, 0) is 49.9 Å². The van der Waals surface area contributed by atoms with E-state index in [1.807, 2.05) is 48.6 Å². The molecule has 13 nitrogen and oxygen atoms in total.